The fourth-order valence-corrected chi connectivity index (χ4v) is 1.08. The molecule has 1 heterocycles. The van der Waals surface area contributed by atoms with Gasteiger partial charge in [0.15, 0.2) is 5.82 Å². The zero-order chi connectivity index (χ0) is 12.8. The summed E-state index contributed by atoms with van der Waals surface area (Å²) in [6.45, 7) is 1.79. The first-order chi connectivity index (χ1) is 8.04. The highest BCUT2D eigenvalue weighted by Gasteiger charge is 2.09. The average Bonchev–Trinajstić information content (AvgIpc) is 2.71. The number of hydrogen-bond donors (Lipinski definition) is 2. The van der Waals surface area contributed by atoms with Crippen LogP contribution in [0.25, 0.3) is 0 Å². The molecule has 0 spiro atoms. The normalized spacial score (nSPS) is 13.6. The number of nitrogens with two attached hydrogens (primary N) is 1. The van der Waals surface area contributed by atoms with Gasteiger partial charge in [-0.2, -0.15) is 5.10 Å². The van der Waals surface area contributed by atoms with Crippen LogP contribution in [0.1, 0.15) is 17.3 Å². The summed E-state index contributed by atoms with van der Waals surface area (Å²) >= 11 is 5.74. The maximum atomic E-state index is 11.0. The summed E-state index contributed by atoms with van der Waals surface area (Å²) in [5, 5.41) is 6.05. The molecule has 5 nitrogen and oxygen atoms in total. The molecular weight excluding hydrogens is 240 g/mol. The SMILES string of the molecule is C#CC(/C=C\C(C)Cl)=Nc1[nH]ncc1C(N)=O. The van der Waals surface area contributed by atoms with Crippen molar-refractivity contribution >= 4 is 29.0 Å². The summed E-state index contributed by atoms with van der Waals surface area (Å²) in [5.74, 6) is 1.98. The fourth-order valence-electron chi connectivity index (χ4n) is 1.01. The maximum absolute atomic E-state index is 11.0. The third-order valence-corrected chi connectivity index (χ3v) is 1.93. The number of H-pyrrole nitrogens is 1. The Kier molecular flexibility index (Phi) is 4.49. The van der Waals surface area contributed by atoms with E-state index >= 15 is 0 Å². The van der Waals surface area contributed by atoms with Crippen LogP contribution < -0.4 is 5.73 Å². The summed E-state index contributed by atoms with van der Waals surface area (Å²) in [6.07, 6.45) is 9.84. The first-order valence-electron chi connectivity index (χ1n) is 4.75. The molecule has 0 aliphatic carbocycles. The van der Waals surface area contributed by atoms with Gasteiger partial charge in [-0.05, 0) is 13.0 Å². The number of carbonyl (C=O) groups is 1. The van der Waals surface area contributed by atoms with Crippen LogP contribution in [0.15, 0.2) is 23.3 Å². The third kappa shape index (κ3) is 3.78. The average molecular weight is 251 g/mol. The van der Waals surface area contributed by atoms with Gasteiger partial charge < -0.3 is 5.73 Å². The van der Waals surface area contributed by atoms with Gasteiger partial charge in [0, 0.05) is 5.38 Å². The number of nitrogens with zero attached hydrogens (tertiary/aromatic N) is 2. The van der Waals surface area contributed by atoms with Crippen LogP contribution in [0.3, 0.4) is 0 Å². The number of primary amides is 1. The van der Waals surface area contributed by atoms with Crippen molar-refractivity contribution in [3.63, 3.8) is 0 Å². The van der Waals surface area contributed by atoms with Crippen LogP contribution in [0, 0.1) is 12.3 Å². The molecule has 3 N–H and O–H groups in total. The maximum Gasteiger partial charge on any atom is 0.254 e. The van der Waals surface area contributed by atoms with E-state index in [1.165, 1.54) is 6.20 Å². The van der Waals surface area contributed by atoms with E-state index in [9.17, 15) is 4.79 Å². The van der Waals surface area contributed by atoms with Gasteiger partial charge in [0.25, 0.3) is 5.91 Å². The predicted octanol–water partition coefficient (Wildman–Crippen LogP) is 1.40. The van der Waals surface area contributed by atoms with Crippen molar-refractivity contribution in [2.24, 2.45) is 10.7 Å². The molecule has 1 unspecified atom stereocenters. The minimum absolute atomic E-state index is 0.161. The molecule has 0 saturated heterocycles. The molecule has 1 rings (SSSR count). The van der Waals surface area contributed by atoms with E-state index in [-0.39, 0.29) is 16.8 Å². The van der Waals surface area contributed by atoms with Crippen LogP contribution >= 0.6 is 11.6 Å². The van der Waals surface area contributed by atoms with Crippen molar-refractivity contribution in [1.29, 1.82) is 0 Å². The second kappa shape index (κ2) is 5.87. The van der Waals surface area contributed by atoms with E-state index in [0.29, 0.717) is 5.71 Å². The second-order valence-electron chi connectivity index (χ2n) is 3.17. The minimum Gasteiger partial charge on any atom is -0.365 e. The molecule has 17 heavy (non-hydrogen) atoms. The Balaban J connectivity index is 3.04. The van der Waals surface area contributed by atoms with Crippen LogP contribution in [-0.2, 0) is 0 Å². The lowest BCUT2D eigenvalue weighted by Gasteiger charge is -1.95. The lowest BCUT2D eigenvalue weighted by atomic mass is 10.3. The molecule has 1 amide bonds. The summed E-state index contributed by atoms with van der Waals surface area (Å²) in [6, 6.07) is 0. The summed E-state index contributed by atoms with van der Waals surface area (Å²) < 4.78 is 0. The molecule has 0 saturated carbocycles. The number of terminal acetylenes is 1. The van der Waals surface area contributed by atoms with Crippen molar-refractivity contribution in [2.75, 3.05) is 0 Å². The van der Waals surface area contributed by atoms with Crippen LogP contribution in [0.4, 0.5) is 5.82 Å². The van der Waals surface area contributed by atoms with Gasteiger partial charge in [0.1, 0.15) is 11.3 Å². The van der Waals surface area contributed by atoms with Crippen molar-refractivity contribution in [2.45, 2.75) is 12.3 Å². The zero-order valence-electron chi connectivity index (χ0n) is 9.14. The second-order valence-corrected chi connectivity index (χ2v) is 3.86. The number of nitrogens with one attached hydrogen (secondary N) is 1. The van der Waals surface area contributed by atoms with E-state index in [4.69, 9.17) is 23.8 Å². The number of alkyl halides is 1. The quantitative estimate of drug-likeness (QED) is 0.481. The largest absolute Gasteiger partial charge is 0.365 e. The molecular formula is C11H11ClN4O. The van der Waals surface area contributed by atoms with Gasteiger partial charge in [0.2, 0.25) is 0 Å². The van der Waals surface area contributed by atoms with E-state index < -0.39 is 5.91 Å². The highest BCUT2D eigenvalue weighted by molar-refractivity contribution is 6.22. The topological polar surface area (TPSA) is 84.1 Å². The Labute approximate surface area is 104 Å². The Hall–Kier alpha value is -2.06. The van der Waals surface area contributed by atoms with Crippen molar-refractivity contribution in [3.8, 4) is 12.3 Å². The number of aromatic nitrogens is 2. The van der Waals surface area contributed by atoms with Gasteiger partial charge in [-0.1, -0.05) is 12.0 Å². The van der Waals surface area contributed by atoms with E-state index in [1.54, 1.807) is 19.1 Å². The zero-order valence-corrected chi connectivity index (χ0v) is 9.90. The number of allylic oxidation sites excluding steroid dienone is 2. The highest BCUT2D eigenvalue weighted by Crippen LogP contribution is 2.14. The molecule has 0 aromatic carbocycles. The lowest BCUT2D eigenvalue weighted by molar-refractivity contribution is 0.100. The summed E-state index contributed by atoms with van der Waals surface area (Å²) in [5.41, 5.74) is 5.65. The molecule has 1 aromatic heterocycles. The van der Waals surface area contributed by atoms with Gasteiger partial charge in [-0.25, -0.2) is 4.99 Å². The van der Waals surface area contributed by atoms with E-state index in [1.807, 2.05) is 0 Å². The minimum atomic E-state index is -0.622. The number of amides is 1. The Morgan fingerprint density at radius 1 is 1.82 bits per heavy atom. The Bertz CT molecular complexity index is 508. The van der Waals surface area contributed by atoms with Gasteiger partial charge in [0.05, 0.1) is 6.20 Å². The number of aliphatic imine (C=N–C) groups is 1. The number of halogens is 1. The molecule has 0 bridgehead atoms. The predicted molar refractivity (Wildman–Crippen MR) is 67.5 cm³/mol. The molecule has 88 valence electrons. The summed E-state index contributed by atoms with van der Waals surface area (Å²) in [4.78, 5) is 15.1. The summed E-state index contributed by atoms with van der Waals surface area (Å²) in [7, 11) is 0. The van der Waals surface area contributed by atoms with Crippen LogP contribution in [0.5, 0.6) is 0 Å². The first-order valence-corrected chi connectivity index (χ1v) is 5.19. The third-order valence-electron chi connectivity index (χ3n) is 1.78. The molecule has 0 aliphatic rings. The van der Waals surface area contributed by atoms with Crippen molar-refractivity contribution in [1.82, 2.24) is 10.2 Å². The van der Waals surface area contributed by atoms with Crippen LogP contribution in [0.2, 0.25) is 0 Å². The van der Waals surface area contributed by atoms with E-state index in [0.717, 1.165) is 0 Å². The highest BCUT2D eigenvalue weighted by atomic mass is 35.5. The molecule has 1 atom stereocenters. The molecule has 0 radical (unpaired) electrons. The van der Waals surface area contributed by atoms with Gasteiger partial charge in [-0.3, -0.25) is 9.89 Å². The molecule has 0 fully saturated rings. The Morgan fingerprint density at radius 2 is 2.53 bits per heavy atom. The number of rotatable bonds is 4. The standard InChI is InChI=1S/C11H11ClN4O/c1-3-8(5-4-7(2)12)15-11-9(10(13)17)6-14-16-11/h1,4-7H,2H3,(H2,13,17)(H,14,16)/b5-4-,15-8?. The van der Waals surface area contributed by atoms with E-state index in [2.05, 4.69) is 21.1 Å². The monoisotopic (exact) mass is 250 g/mol. The van der Waals surface area contributed by atoms with Crippen molar-refractivity contribution < 1.29 is 4.79 Å². The molecule has 6 heteroatoms. The molecule has 0 aliphatic heterocycles. The van der Waals surface area contributed by atoms with Gasteiger partial charge >= 0.3 is 0 Å². The van der Waals surface area contributed by atoms with Crippen molar-refractivity contribution in [3.05, 3.63) is 23.9 Å². The lowest BCUT2D eigenvalue weighted by Crippen LogP contribution is -2.10. The van der Waals surface area contributed by atoms with Gasteiger partial charge in [-0.15, -0.1) is 18.0 Å². The number of carbonyl (C=O) groups excluding carboxylic acids is 1. The Morgan fingerprint density at radius 3 is 3.06 bits per heavy atom. The molecule has 1 aromatic rings. The number of hydrogen-bond acceptors (Lipinski definition) is 3. The van der Waals surface area contributed by atoms with Crippen LogP contribution in [-0.4, -0.2) is 27.2 Å². The fraction of sp³-hybridized carbons (Fsp3) is 0.182. The first kappa shape index (κ1) is 13.0. The number of aromatic amines is 1. The smallest absolute Gasteiger partial charge is 0.254 e.